The minimum absolute atomic E-state index is 0.123. The molecule has 1 amide bonds. The lowest BCUT2D eigenvalue weighted by Gasteiger charge is -2.31. The van der Waals surface area contributed by atoms with E-state index < -0.39 is 0 Å². The zero-order valence-electron chi connectivity index (χ0n) is 16.4. The van der Waals surface area contributed by atoms with Gasteiger partial charge in [0.1, 0.15) is 6.61 Å². The van der Waals surface area contributed by atoms with Gasteiger partial charge in [-0.05, 0) is 30.7 Å². The van der Waals surface area contributed by atoms with Crippen molar-refractivity contribution >= 4 is 12.1 Å². The third-order valence-corrected chi connectivity index (χ3v) is 4.46. The molecule has 0 spiro atoms. The second-order valence-corrected chi connectivity index (χ2v) is 6.59. The highest BCUT2D eigenvalue weighted by atomic mass is 16.6. The van der Waals surface area contributed by atoms with Gasteiger partial charge in [0.15, 0.2) is 0 Å². The number of hydrogen-bond acceptors (Lipinski definition) is 4. The molecule has 1 heterocycles. The summed E-state index contributed by atoms with van der Waals surface area (Å²) >= 11 is 0. The second-order valence-electron chi connectivity index (χ2n) is 6.59. The molecule has 1 aliphatic rings. The molecule has 5 nitrogen and oxygen atoms in total. The third kappa shape index (κ3) is 8.88. The lowest BCUT2D eigenvalue weighted by Crippen LogP contribution is -2.38. The Hall–Kier alpha value is -2.04. The average molecular weight is 363 g/mol. The van der Waals surface area contributed by atoms with Crippen molar-refractivity contribution in [1.82, 2.24) is 4.90 Å². The van der Waals surface area contributed by atoms with E-state index in [2.05, 4.69) is 11.7 Å². The van der Waals surface area contributed by atoms with Crippen LogP contribution in [0.3, 0.4) is 0 Å². The Morgan fingerprint density at radius 2 is 1.73 bits per heavy atom. The lowest BCUT2D eigenvalue weighted by molar-refractivity contribution is -0.140. The molecular formula is C21H33NO4. The van der Waals surface area contributed by atoms with Crippen molar-refractivity contribution in [3.8, 4) is 0 Å². The number of methoxy groups -OCH3 is 1. The topological polar surface area (TPSA) is 55.8 Å². The minimum Gasteiger partial charge on any atom is -0.469 e. The van der Waals surface area contributed by atoms with Crippen LogP contribution in [0.2, 0.25) is 0 Å². The van der Waals surface area contributed by atoms with E-state index in [9.17, 15) is 9.59 Å². The molecule has 0 aliphatic carbocycles. The Morgan fingerprint density at radius 1 is 1.08 bits per heavy atom. The van der Waals surface area contributed by atoms with E-state index in [0.29, 0.717) is 13.0 Å². The van der Waals surface area contributed by atoms with Gasteiger partial charge in [0, 0.05) is 19.5 Å². The molecule has 0 radical (unpaired) electrons. The standard InChI is InChI=1S/C16H23NO2.C5H10O2/c1-2-6-14-9-11-17(12-10-14)16(18)19-13-15-7-4-3-5-8-15;1-3-4-5(6)7-2/h3-5,7-8,14H,2,6,9-13H2,1H3;3-4H2,1-2H3. The van der Waals surface area contributed by atoms with Gasteiger partial charge in [-0.1, -0.05) is 57.0 Å². The zero-order valence-corrected chi connectivity index (χ0v) is 16.4. The van der Waals surface area contributed by atoms with E-state index in [-0.39, 0.29) is 12.1 Å². The van der Waals surface area contributed by atoms with Crippen LogP contribution in [0, 0.1) is 5.92 Å². The highest BCUT2D eigenvalue weighted by molar-refractivity contribution is 5.69. The van der Waals surface area contributed by atoms with Gasteiger partial charge in [0.25, 0.3) is 0 Å². The molecule has 0 aromatic heterocycles. The Kier molecular flexibility index (Phi) is 11.2. The third-order valence-electron chi connectivity index (χ3n) is 4.46. The van der Waals surface area contributed by atoms with Crippen molar-refractivity contribution in [2.75, 3.05) is 20.2 Å². The van der Waals surface area contributed by atoms with Gasteiger partial charge in [-0.25, -0.2) is 4.79 Å². The van der Waals surface area contributed by atoms with Crippen molar-refractivity contribution in [2.45, 2.75) is 59.0 Å². The highest BCUT2D eigenvalue weighted by Gasteiger charge is 2.23. The Balaban J connectivity index is 0.000000412. The number of likely N-dealkylation sites (tertiary alicyclic amines) is 1. The Morgan fingerprint density at radius 3 is 2.23 bits per heavy atom. The first-order valence-electron chi connectivity index (χ1n) is 9.63. The van der Waals surface area contributed by atoms with E-state index in [1.54, 1.807) is 0 Å². The summed E-state index contributed by atoms with van der Waals surface area (Å²) in [5.41, 5.74) is 1.04. The van der Waals surface area contributed by atoms with E-state index in [1.807, 2.05) is 42.2 Å². The van der Waals surface area contributed by atoms with Crippen LogP contribution in [0.5, 0.6) is 0 Å². The van der Waals surface area contributed by atoms with Gasteiger partial charge in [-0.3, -0.25) is 4.79 Å². The molecule has 0 saturated carbocycles. The molecule has 26 heavy (non-hydrogen) atoms. The normalized spacial score (nSPS) is 14.2. The SMILES string of the molecule is CCCC(=O)OC.CCCC1CCN(C(=O)OCc2ccccc2)CC1. The van der Waals surface area contributed by atoms with Crippen LogP contribution in [0.15, 0.2) is 30.3 Å². The predicted octanol–water partition coefficient (Wildman–Crippen LogP) is 4.79. The quantitative estimate of drug-likeness (QED) is 0.682. The minimum atomic E-state index is -0.168. The summed E-state index contributed by atoms with van der Waals surface area (Å²) in [5, 5.41) is 0. The van der Waals surface area contributed by atoms with Crippen molar-refractivity contribution in [2.24, 2.45) is 5.92 Å². The Bertz CT molecular complexity index is 510. The first-order chi connectivity index (χ1) is 12.6. The number of ether oxygens (including phenoxy) is 2. The average Bonchev–Trinajstić information content (AvgIpc) is 2.68. The van der Waals surface area contributed by atoms with Crippen LogP contribution in [-0.4, -0.2) is 37.2 Å². The molecule has 1 saturated heterocycles. The molecule has 1 fully saturated rings. The zero-order chi connectivity index (χ0) is 19.2. The van der Waals surface area contributed by atoms with E-state index in [4.69, 9.17) is 4.74 Å². The van der Waals surface area contributed by atoms with Gasteiger partial charge < -0.3 is 14.4 Å². The van der Waals surface area contributed by atoms with Crippen LogP contribution in [-0.2, 0) is 20.9 Å². The molecule has 1 aromatic rings. The van der Waals surface area contributed by atoms with E-state index >= 15 is 0 Å². The molecule has 2 rings (SSSR count). The van der Waals surface area contributed by atoms with Gasteiger partial charge in [-0.2, -0.15) is 0 Å². The van der Waals surface area contributed by atoms with E-state index in [1.165, 1.54) is 20.0 Å². The van der Waals surface area contributed by atoms with Crippen molar-refractivity contribution < 1.29 is 19.1 Å². The first-order valence-corrected chi connectivity index (χ1v) is 9.63. The molecule has 5 heteroatoms. The molecule has 0 N–H and O–H groups in total. The number of esters is 1. The van der Waals surface area contributed by atoms with Crippen LogP contribution in [0.4, 0.5) is 4.79 Å². The smallest absolute Gasteiger partial charge is 0.410 e. The predicted molar refractivity (Wildman–Crippen MR) is 103 cm³/mol. The number of piperidine rings is 1. The van der Waals surface area contributed by atoms with Crippen molar-refractivity contribution in [1.29, 1.82) is 0 Å². The summed E-state index contributed by atoms with van der Waals surface area (Å²) in [6.45, 7) is 6.22. The summed E-state index contributed by atoms with van der Waals surface area (Å²) in [4.78, 5) is 24.0. The number of amides is 1. The molecule has 0 bridgehead atoms. The van der Waals surface area contributed by atoms with Gasteiger partial charge >= 0.3 is 12.1 Å². The van der Waals surface area contributed by atoms with E-state index in [0.717, 1.165) is 43.8 Å². The van der Waals surface area contributed by atoms with Crippen LogP contribution in [0.1, 0.15) is 57.9 Å². The fourth-order valence-electron chi connectivity index (χ4n) is 2.93. The van der Waals surface area contributed by atoms with Crippen LogP contribution in [0.25, 0.3) is 0 Å². The summed E-state index contributed by atoms with van der Waals surface area (Å²) in [6, 6.07) is 9.82. The second kappa shape index (κ2) is 13.2. The number of carbonyl (C=O) groups excluding carboxylic acids is 2. The van der Waals surface area contributed by atoms with Crippen LogP contribution < -0.4 is 0 Å². The monoisotopic (exact) mass is 363 g/mol. The maximum atomic E-state index is 11.9. The summed E-state index contributed by atoms with van der Waals surface area (Å²) in [6.07, 6.45) is 6.00. The van der Waals surface area contributed by atoms with Crippen molar-refractivity contribution in [3.05, 3.63) is 35.9 Å². The molecule has 146 valence electrons. The van der Waals surface area contributed by atoms with Gasteiger partial charge in [0.05, 0.1) is 7.11 Å². The largest absolute Gasteiger partial charge is 0.469 e. The van der Waals surface area contributed by atoms with Gasteiger partial charge in [-0.15, -0.1) is 0 Å². The first kappa shape index (κ1) is 22.0. The van der Waals surface area contributed by atoms with Gasteiger partial charge in [0.2, 0.25) is 0 Å². The van der Waals surface area contributed by atoms with Crippen LogP contribution >= 0.6 is 0 Å². The van der Waals surface area contributed by atoms with Crippen molar-refractivity contribution in [3.63, 3.8) is 0 Å². The Labute approximate surface area is 157 Å². The number of carbonyl (C=O) groups is 2. The number of hydrogen-bond donors (Lipinski definition) is 0. The molecule has 1 aromatic carbocycles. The maximum absolute atomic E-state index is 11.9. The lowest BCUT2D eigenvalue weighted by atomic mass is 9.93. The number of nitrogens with zero attached hydrogens (tertiary/aromatic N) is 1. The molecule has 1 aliphatic heterocycles. The highest BCUT2D eigenvalue weighted by Crippen LogP contribution is 2.22. The summed E-state index contributed by atoms with van der Waals surface area (Å²) in [7, 11) is 1.40. The molecule has 0 unspecified atom stereocenters. The molecular weight excluding hydrogens is 330 g/mol. The number of benzene rings is 1. The number of rotatable bonds is 6. The fourth-order valence-corrected chi connectivity index (χ4v) is 2.93. The summed E-state index contributed by atoms with van der Waals surface area (Å²) < 4.78 is 9.70. The summed E-state index contributed by atoms with van der Waals surface area (Å²) in [5.74, 6) is 0.672. The fraction of sp³-hybridized carbons (Fsp3) is 0.619. The maximum Gasteiger partial charge on any atom is 0.410 e. The molecule has 0 atom stereocenters.